The van der Waals surface area contributed by atoms with Gasteiger partial charge in [-0.15, -0.1) is 0 Å². The molecule has 0 bridgehead atoms. The lowest BCUT2D eigenvalue weighted by Crippen LogP contribution is -2.64. The van der Waals surface area contributed by atoms with Gasteiger partial charge < -0.3 is 34.6 Å². The minimum Gasteiger partial charge on any atom is -0.388 e. The maximum absolute atomic E-state index is 12.5. The van der Waals surface area contributed by atoms with Crippen molar-refractivity contribution in [2.45, 2.75) is 81.5 Å². The molecule has 0 aromatic carbocycles. The molecule has 10 heteroatoms. The molecule has 0 aromatic heterocycles. The Kier molecular flexibility index (Phi) is 6.57. The summed E-state index contributed by atoms with van der Waals surface area (Å²) >= 11 is 0. The van der Waals surface area contributed by atoms with Crippen molar-refractivity contribution in [3.63, 3.8) is 0 Å². The summed E-state index contributed by atoms with van der Waals surface area (Å²) in [4.78, 5) is 16.4. The van der Waals surface area contributed by atoms with E-state index in [1.807, 2.05) is 0 Å². The van der Waals surface area contributed by atoms with E-state index in [0.29, 0.717) is 19.6 Å². The van der Waals surface area contributed by atoms with Gasteiger partial charge in [0.1, 0.15) is 24.4 Å². The van der Waals surface area contributed by atoms with Crippen molar-refractivity contribution in [1.29, 1.82) is 5.26 Å². The molecule has 0 spiro atoms. The maximum atomic E-state index is 12.5. The van der Waals surface area contributed by atoms with Crippen LogP contribution < -0.4 is 5.32 Å². The van der Waals surface area contributed by atoms with Crippen LogP contribution >= 0.6 is 0 Å². The van der Waals surface area contributed by atoms with E-state index in [-0.39, 0.29) is 31.1 Å². The van der Waals surface area contributed by atoms with E-state index in [0.717, 1.165) is 32.2 Å². The minimum atomic E-state index is -1.14. The van der Waals surface area contributed by atoms with E-state index in [1.165, 1.54) is 0 Å². The molecule has 3 N–H and O–H groups in total. The van der Waals surface area contributed by atoms with Gasteiger partial charge in [-0.1, -0.05) is 0 Å². The number of amides is 1. The molecule has 174 valence electrons. The van der Waals surface area contributed by atoms with Crippen LogP contribution in [0.5, 0.6) is 0 Å². The quantitative estimate of drug-likeness (QED) is 0.503. The summed E-state index contributed by atoms with van der Waals surface area (Å²) < 4.78 is 17.9. The molecule has 0 radical (unpaired) electrons. The molecule has 1 unspecified atom stereocenters. The van der Waals surface area contributed by atoms with E-state index in [9.17, 15) is 20.3 Å². The van der Waals surface area contributed by atoms with Gasteiger partial charge in [0.15, 0.2) is 5.79 Å². The zero-order chi connectivity index (χ0) is 22.2. The number of rotatable bonds is 5. The molecule has 0 saturated carbocycles. The number of aliphatic hydroxyl groups excluding tert-OH is 2. The summed E-state index contributed by atoms with van der Waals surface area (Å²) in [6.07, 6.45) is 0.657. The Morgan fingerprint density at radius 3 is 2.81 bits per heavy atom. The van der Waals surface area contributed by atoms with Crippen LogP contribution in [0.4, 0.5) is 0 Å². The number of nitrogens with zero attached hydrogens (tertiary/aromatic N) is 3. The Morgan fingerprint density at radius 1 is 1.26 bits per heavy atom. The van der Waals surface area contributed by atoms with Crippen LogP contribution in [0, 0.1) is 11.3 Å². The van der Waals surface area contributed by atoms with E-state index < -0.39 is 29.9 Å². The largest absolute Gasteiger partial charge is 0.388 e. The molecule has 4 rings (SSSR count). The van der Waals surface area contributed by atoms with Crippen molar-refractivity contribution in [3.8, 4) is 6.07 Å². The number of carbonyl (C=O) groups is 1. The molecule has 31 heavy (non-hydrogen) atoms. The van der Waals surface area contributed by atoms with Crippen molar-refractivity contribution in [1.82, 2.24) is 15.1 Å². The second kappa shape index (κ2) is 8.90. The lowest BCUT2D eigenvalue weighted by atomic mass is 9.95. The topological polar surface area (TPSA) is 128 Å². The molecule has 4 fully saturated rings. The molecule has 4 saturated heterocycles. The fourth-order valence-corrected chi connectivity index (χ4v) is 5.24. The normalized spacial score (nSPS) is 40.5. The average Bonchev–Trinajstić information content (AvgIpc) is 3.31. The predicted octanol–water partition coefficient (Wildman–Crippen LogP) is -0.845. The van der Waals surface area contributed by atoms with Crippen LogP contribution in [-0.4, -0.2) is 107 Å². The van der Waals surface area contributed by atoms with Crippen molar-refractivity contribution >= 4 is 5.91 Å². The number of aliphatic hydroxyl groups is 2. The maximum Gasteiger partial charge on any atom is 0.237 e. The van der Waals surface area contributed by atoms with Gasteiger partial charge >= 0.3 is 0 Å². The smallest absolute Gasteiger partial charge is 0.237 e. The lowest BCUT2D eigenvalue weighted by Gasteiger charge is -2.45. The second-order valence-electron chi connectivity index (χ2n) is 9.55. The molecular formula is C21H34N4O6. The SMILES string of the molecule is CC1(C)O[C@H]2[C@H](O)[C@H](O)CO[C@@]2(CN2CCCC(NCC(=O)N3CCC[C@H]3C#N)C2)O1. The summed E-state index contributed by atoms with van der Waals surface area (Å²) in [6, 6.07) is 2.04. The van der Waals surface area contributed by atoms with E-state index in [4.69, 9.17) is 14.2 Å². The first-order valence-electron chi connectivity index (χ1n) is 11.3. The molecule has 1 amide bonds. The Hall–Kier alpha value is -1.32. The summed E-state index contributed by atoms with van der Waals surface area (Å²) in [5.74, 6) is -2.10. The number of nitrogens with one attached hydrogen (secondary N) is 1. The molecule has 4 heterocycles. The zero-order valence-electron chi connectivity index (χ0n) is 18.3. The van der Waals surface area contributed by atoms with Crippen LogP contribution in [0.15, 0.2) is 0 Å². The summed E-state index contributed by atoms with van der Waals surface area (Å²) in [5, 5.41) is 33.1. The fourth-order valence-electron chi connectivity index (χ4n) is 5.24. The van der Waals surface area contributed by atoms with Gasteiger partial charge in [-0.05, 0) is 46.1 Å². The van der Waals surface area contributed by atoms with Crippen molar-refractivity contribution in [2.75, 3.05) is 39.3 Å². The number of carbonyl (C=O) groups excluding carboxylic acids is 1. The van der Waals surface area contributed by atoms with Crippen LogP contribution in [0.25, 0.3) is 0 Å². The van der Waals surface area contributed by atoms with Crippen LogP contribution in [-0.2, 0) is 19.0 Å². The van der Waals surface area contributed by atoms with Gasteiger partial charge in [0.2, 0.25) is 11.7 Å². The van der Waals surface area contributed by atoms with Gasteiger partial charge in [0.05, 0.1) is 25.8 Å². The van der Waals surface area contributed by atoms with E-state index in [2.05, 4.69) is 16.3 Å². The third kappa shape index (κ3) is 4.73. The molecule has 0 aliphatic carbocycles. The van der Waals surface area contributed by atoms with Crippen molar-refractivity contribution < 1.29 is 29.2 Å². The molecular weight excluding hydrogens is 404 g/mol. The number of ether oxygens (including phenoxy) is 3. The number of likely N-dealkylation sites (tertiary alicyclic amines) is 2. The highest BCUT2D eigenvalue weighted by Crippen LogP contribution is 2.43. The molecule has 4 aliphatic heterocycles. The second-order valence-corrected chi connectivity index (χ2v) is 9.55. The number of hydrogen-bond donors (Lipinski definition) is 3. The molecule has 0 aromatic rings. The van der Waals surface area contributed by atoms with Crippen LogP contribution in [0.2, 0.25) is 0 Å². The van der Waals surface area contributed by atoms with E-state index in [1.54, 1.807) is 18.7 Å². The van der Waals surface area contributed by atoms with Gasteiger partial charge in [-0.3, -0.25) is 9.69 Å². The third-order valence-electron chi connectivity index (χ3n) is 6.68. The fraction of sp³-hybridized carbons (Fsp3) is 0.905. The number of nitriles is 1. The summed E-state index contributed by atoms with van der Waals surface area (Å²) in [7, 11) is 0. The predicted molar refractivity (Wildman–Crippen MR) is 109 cm³/mol. The lowest BCUT2D eigenvalue weighted by molar-refractivity contribution is -0.298. The van der Waals surface area contributed by atoms with Gasteiger partial charge in [0, 0.05) is 19.1 Å². The van der Waals surface area contributed by atoms with E-state index >= 15 is 0 Å². The highest BCUT2D eigenvalue weighted by Gasteiger charge is 2.61. The first kappa shape index (κ1) is 22.9. The Balaban J connectivity index is 1.34. The zero-order valence-corrected chi connectivity index (χ0v) is 18.3. The standard InChI is InChI=1S/C21H34N4O6/c1-20(2)30-19-18(28)16(26)12-29-21(19,31-20)13-24-7-3-5-14(11-24)23-10-17(27)25-8-4-6-15(25)9-22/h14-16,18-19,23,26,28H,3-8,10-13H2,1-2H3/t14?,15-,16+,18+,19-,21-/m0/s1. The number of fused-ring (bicyclic) bond motifs is 1. The molecule has 10 nitrogen and oxygen atoms in total. The van der Waals surface area contributed by atoms with Crippen molar-refractivity contribution in [3.05, 3.63) is 0 Å². The summed E-state index contributed by atoms with van der Waals surface area (Å²) in [5.41, 5.74) is 0. The Labute approximate surface area is 183 Å². The van der Waals surface area contributed by atoms with Gasteiger partial charge in [-0.25, -0.2) is 0 Å². The van der Waals surface area contributed by atoms with Crippen LogP contribution in [0.1, 0.15) is 39.5 Å². The average molecular weight is 439 g/mol. The highest BCUT2D eigenvalue weighted by molar-refractivity contribution is 5.79. The van der Waals surface area contributed by atoms with Crippen molar-refractivity contribution in [2.24, 2.45) is 0 Å². The first-order chi connectivity index (χ1) is 14.7. The first-order valence-corrected chi connectivity index (χ1v) is 11.3. The third-order valence-corrected chi connectivity index (χ3v) is 6.68. The molecule has 6 atom stereocenters. The monoisotopic (exact) mass is 438 g/mol. The van der Waals surface area contributed by atoms with Gasteiger partial charge in [-0.2, -0.15) is 5.26 Å². The highest BCUT2D eigenvalue weighted by atomic mass is 16.8. The summed E-state index contributed by atoms with van der Waals surface area (Å²) in [6.45, 7) is 6.35. The Morgan fingerprint density at radius 2 is 2.03 bits per heavy atom. The Bertz CT molecular complexity index is 714. The van der Waals surface area contributed by atoms with Crippen LogP contribution in [0.3, 0.4) is 0 Å². The number of piperidine rings is 1. The molecule has 4 aliphatic rings. The minimum absolute atomic E-state index is 0.0168. The van der Waals surface area contributed by atoms with Gasteiger partial charge in [0.25, 0.3) is 0 Å². The number of hydrogen-bond acceptors (Lipinski definition) is 9.